The molecule has 1 aromatic heterocycles. The second-order valence-corrected chi connectivity index (χ2v) is 4.69. The van der Waals surface area contributed by atoms with Crippen molar-refractivity contribution in [2.24, 2.45) is 0 Å². The number of benzene rings is 1. The summed E-state index contributed by atoms with van der Waals surface area (Å²) in [5.41, 5.74) is 0.956. The van der Waals surface area contributed by atoms with Crippen molar-refractivity contribution in [2.45, 2.75) is 12.5 Å². The second kappa shape index (κ2) is 5.65. The van der Waals surface area contributed by atoms with Crippen molar-refractivity contribution in [1.82, 2.24) is 4.98 Å². The fraction of sp³-hybridized carbons (Fsp3) is 0.154. The monoisotopic (exact) mass is 285 g/mol. The lowest BCUT2D eigenvalue weighted by molar-refractivity contribution is 0.177. The van der Waals surface area contributed by atoms with E-state index in [0.717, 1.165) is 0 Å². The van der Waals surface area contributed by atoms with E-state index in [0.29, 0.717) is 16.1 Å². The number of pyridine rings is 1. The van der Waals surface area contributed by atoms with Crippen LogP contribution < -0.4 is 0 Å². The van der Waals surface area contributed by atoms with Gasteiger partial charge in [-0.2, -0.15) is 0 Å². The minimum atomic E-state index is -0.849. The van der Waals surface area contributed by atoms with E-state index in [1.807, 2.05) is 0 Å². The van der Waals surface area contributed by atoms with Crippen LogP contribution in [0.1, 0.15) is 17.2 Å². The highest BCUT2D eigenvalue weighted by Crippen LogP contribution is 2.23. The van der Waals surface area contributed by atoms with Gasteiger partial charge in [0.25, 0.3) is 0 Å². The number of aliphatic hydroxyl groups excluding tert-OH is 1. The van der Waals surface area contributed by atoms with Gasteiger partial charge < -0.3 is 5.11 Å². The third-order valence-electron chi connectivity index (χ3n) is 2.56. The molecule has 94 valence electrons. The molecule has 2 aromatic rings. The summed E-state index contributed by atoms with van der Waals surface area (Å²) in [6.07, 6.45) is 0.778. The van der Waals surface area contributed by atoms with Gasteiger partial charge in [0.1, 0.15) is 11.0 Å². The smallest absolute Gasteiger partial charge is 0.129 e. The number of aromatic nitrogens is 1. The average molecular weight is 286 g/mol. The Balaban J connectivity index is 2.21. The quantitative estimate of drug-likeness (QED) is 0.870. The van der Waals surface area contributed by atoms with Crippen LogP contribution in [0.2, 0.25) is 10.2 Å². The van der Waals surface area contributed by atoms with Crippen LogP contribution in [-0.4, -0.2) is 10.1 Å². The van der Waals surface area contributed by atoms with Gasteiger partial charge in [-0.3, -0.25) is 0 Å². The Morgan fingerprint density at radius 3 is 2.72 bits per heavy atom. The standard InChI is InChI=1S/C13H10Cl2FNO/c14-10-1-2-11(16)9(5-10)6-12(18)8-3-4-17-13(15)7-8/h1-5,7,12,18H,6H2. The summed E-state index contributed by atoms with van der Waals surface area (Å²) < 4.78 is 13.5. The topological polar surface area (TPSA) is 33.1 Å². The van der Waals surface area contributed by atoms with Crippen molar-refractivity contribution in [1.29, 1.82) is 0 Å². The summed E-state index contributed by atoms with van der Waals surface area (Å²) in [6.45, 7) is 0. The Labute approximate surface area is 114 Å². The molecule has 5 heteroatoms. The Morgan fingerprint density at radius 2 is 2.00 bits per heavy atom. The first-order chi connectivity index (χ1) is 8.56. The van der Waals surface area contributed by atoms with E-state index in [4.69, 9.17) is 23.2 Å². The van der Waals surface area contributed by atoms with E-state index < -0.39 is 11.9 Å². The lowest BCUT2D eigenvalue weighted by Gasteiger charge is -2.12. The molecule has 0 aliphatic heterocycles. The summed E-state index contributed by atoms with van der Waals surface area (Å²) in [4.78, 5) is 3.82. The molecule has 0 saturated carbocycles. The summed E-state index contributed by atoms with van der Waals surface area (Å²) in [5.74, 6) is -0.390. The summed E-state index contributed by atoms with van der Waals surface area (Å²) >= 11 is 11.5. The molecule has 0 spiro atoms. The van der Waals surface area contributed by atoms with Crippen molar-refractivity contribution in [2.75, 3.05) is 0 Å². The number of halogens is 3. The molecular weight excluding hydrogens is 276 g/mol. The van der Waals surface area contributed by atoms with Crippen LogP contribution in [0.3, 0.4) is 0 Å². The maximum absolute atomic E-state index is 13.5. The largest absolute Gasteiger partial charge is 0.388 e. The Hall–Kier alpha value is -1.16. The second-order valence-electron chi connectivity index (χ2n) is 3.87. The number of nitrogens with zero attached hydrogens (tertiary/aromatic N) is 1. The molecule has 1 heterocycles. The SMILES string of the molecule is OC(Cc1cc(Cl)ccc1F)c1ccnc(Cl)c1. The van der Waals surface area contributed by atoms with Crippen LogP contribution in [0.25, 0.3) is 0 Å². The molecular formula is C13H10Cl2FNO. The van der Waals surface area contributed by atoms with E-state index >= 15 is 0 Å². The van der Waals surface area contributed by atoms with Gasteiger partial charge in [-0.05, 0) is 41.5 Å². The van der Waals surface area contributed by atoms with Gasteiger partial charge in [0.15, 0.2) is 0 Å². The summed E-state index contributed by atoms with van der Waals surface area (Å²) in [7, 11) is 0. The Bertz CT molecular complexity index is 562. The first-order valence-corrected chi connectivity index (χ1v) is 6.05. The lowest BCUT2D eigenvalue weighted by atomic mass is 10.0. The zero-order chi connectivity index (χ0) is 13.1. The highest BCUT2D eigenvalue weighted by atomic mass is 35.5. The predicted molar refractivity (Wildman–Crippen MR) is 69.3 cm³/mol. The van der Waals surface area contributed by atoms with Gasteiger partial charge in [-0.15, -0.1) is 0 Å². The molecule has 2 rings (SSSR count). The molecule has 0 aliphatic rings. The highest BCUT2D eigenvalue weighted by molar-refractivity contribution is 6.30. The van der Waals surface area contributed by atoms with E-state index in [1.54, 1.807) is 12.1 Å². The highest BCUT2D eigenvalue weighted by Gasteiger charge is 2.12. The minimum Gasteiger partial charge on any atom is -0.388 e. The zero-order valence-electron chi connectivity index (χ0n) is 9.28. The molecule has 1 N–H and O–H groups in total. The van der Waals surface area contributed by atoms with Crippen LogP contribution in [0.4, 0.5) is 4.39 Å². The number of rotatable bonds is 3. The number of aliphatic hydroxyl groups is 1. The number of hydrogen-bond donors (Lipinski definition) is 1. The predicted octanol–water partition coefficient (Wildman–Crippen LogP) is 3.80. The molecule has 0 bridgehead atoms. The summed E-state index contributed by atoms with van der Waals surface area (Å²) in [6, 6.07) is 7.44. The molecule has 1 aromatic carbocycles. The van der Waals surface area contributed by atoms with Gasteiger partial charge >= 0.3 is 0 Å². The van der Waals surface area contributed by atoms with Crippen LogP contribution in [0.15, 0.2) is 36.5 Å². The van der Waals surface area contributed by atoms with E-state index in [9.17, 15) is 9.50 Å². The molecule has 1 atom stereocenters. The van der Waals surface area contributed by atoms with Crippen LogP contribution >= 0.6 is 23.2 Å². The molecule has 18 heavy (non-hydrogen) atoms. The van der Waals surface area contributed by atoms with Gasteiger partial charge in [0, 0.05) is 17.6 Å². The van der Waals surface area contributed by atoms with E-state index in [2.05, 4.69) is 4.98 Å². The van der Waals surface area contributed by atoms with Gasteiger partial charge in [-0.25, -0.2) is 9.37 Å². The Kier molecular flexibility index (Phi) is 4.17. The normalized spacial score (nSPS) is 12.4. The zero-order valence-corrected chi connectivity index (χ0v) is 10.8. The summed E-state index contributed by atoms with van der Waals surface area (Å²) in [5, 5.41) is 10.7. The maximum Gasteiger partial charge on any atom is 0.129 e. The van der Waals surface area contributed by atoms with Crippen molar-refractivity contribution in [3.05, 3.63) is 63.6 Å². The first kappa shape index (κ1) is 13.3. The molecule has 0 aliphatic carbocycles. The number of hydrogen-bond acceptors (Lipinski definition) is 2. The third kappa shape index (κ3) is 3.19. The molecule has 0 saturated heterocycles. The van der Waals surface area contributed by atoms with Crippen molar-refractivity contribution < 1.29 is 9.50 Å². The minimum absolute atomic E-state index is 0.132. The lowest BCUT2D eigenvalue weighted by Crippen LogP contribution is -2.04. The van der Waals surface area contributed by atoms with Gasteiger partial charge in [0.2, 0.25) is 0 Å². The van der Waals surface area contributed by atoms with Gasteiger partial charge in [0.05, 0.1) is 6.10 Å². The maximum atomic E-state index is 13.5. The first-order valence-electron chi connectivity index (χ1n) is 5.29. The third-order valence-corrected chi connectivity index (χ3v) is 3.00. The Morgan fingerprint density at radius 1 is 1.22 bits per heavy atom. The average Bonchev–Trinajstić information content (AvgIpc) is 2.34. The fourth-order valence-electron chi connectivity index (χ4n) is 1.65. The van der Waals surface area contributed by atoms with E-state index in [-0.39, 0.29) is 11.6 Å². The molecule has 0 amide bonds. The van der Waals surface area contributed by atoms with Crippen LogP contribution in [0.5, 0.6) is 0 Å². The van der Waals surface area contributed by atoms with Crippen LogP contribution in [0, 0.1) is 5.82 Å². The molecule has 2 nitrogen and oxygen atoms in total. The van der Waals surface area contributed by atoms with Crippen molar-refractivity contribution in [3.63, 3.8) is 0 Å². The fourth-order valence-corrected chi connectivity index (χ4v) is 2.03. The van der Waals surface area contributed by atoms with Gasteiger partial charge in [-0.1, -0.05) is 23.2 Å². The van der Waals surface area contributed by atoms with Crippen LogP contribution in [-0.2, 0) is 6.42 Å². The van der Waals surface area contributed by atoms with Crippen molar-refractivity contribution >= 4 is 23.2 Å². The molecule has 1 unspecified atom stereocenters. The van der Waals surface area contributed by atoms with Crippen molar-refractivity contribution in [3.8, 4) is 0 Å². The molecule has 0 fully saturated rings. The van der Waals surface area contributed by atoms with E-state index in [1.165, 1.54) is 24.4 Å². The molecule has 0 radical (unpaired) electrons.